The Kier molecular flexibility index (Phi) is 4.18. The first kappa shape index (κ1) is 15.0. The van der Waals surface area contributed by atoms with Gasteiger partial charge in [-0.05, 0) is 33.1 Å². The number of aliphatic hydroxyl groups is 1. The zero-order valence-electron chi connectivity index (χ0n) is 12.6. The molecular weight excluding hydrogens is 256 g/mol. The maximum atomic E-state index is 12.6. The van der Waals surface area contributed by atoms with Gasteiger partial charge in [-0.2, -0.15) is 0 Å². The van der Waals surface area contributed by atoms with E-state index in [0.29, 0.717) is 32.5 Å². The second-order valence-electron chi connectivity index (χ2n) is 6.11. The molecule has 0 aromatic rings. The van der Waals surface area contributed by atoms with E-state index < -0.39 is 5.60 Å². The predicted molar refractivity (Wildman–Crippen MR) is 76.0 cm³/mol. The number of hydrogen-bond donors (Lipinski definition) is 1. The van der Waals surface area contributed by atoms with Crippen LogP contribution >= 0.6 is 0 Å². The minimum atomic E-state index is -1.41. The fraction of sp³-hybridized carbons (Fsp3) is 0.733. The highest BCUT2D eigenvalue weighted by molar-refractivity contribution is 5.87. The highest BCUT2D eigenvalue weighted by Crippen LogP contribution is 2.26. The number of carbonyl (C=O) groups is 2. The lowest BCUT2D eigenvalue weighted by Crippen LogP contribution is -2.59. The fourth-order valence-electron chi connectivity index (χ4n) is 2.96. The van der Waals surface area contributed by atoms with Crippen molar-refractivity contribution in [3.05, 3.63) is 11.1 Å². The van der Waals surface area contributed by atoms with Crippen LogP contribution in [-0.4, -0.2) is 58.5 Å². The molecule has 5 heteroatoms. The van der Waals surface area contributed by atoms with Crippen LogP contribution < -0.4 is 0 Å². The van der Waals surface area contributed by atoms with Gasteiger partial charge in [0, 0.05) is 26.6 Å². The maximum absolute atomic E-state index is 12.6. The van der Waals surface area contributed by atoms with E-state index in [1.165, 1.54) is 18.1 Å². The molecule has 1 unspecified atom stereocenters. The van der Waals surface area contributed by atoms with Crippen molar-refractivity contribution < 1.29 is 14.7 Å². The summed E-state index contributed by atoms with van der Waals surface area (Å²) in [7, 11) is 0. The molecule has 112 valence electrons. The number of rotatable bonds is 1. The monoisotopic (exact) mass is 280 g/mol. The Labute approximate surface area is 120 Å². The largest absolute Gasteiger partial charge is 0.378 e. The van der Waals surface area contributed by atoms with Gasteiger partial charge in [-0.3, -0.25) is 9.59 Å². The normalized spacial score (nSPS) is 27.8. The Morgan fingerprint density at radius 3 is 2.45 bits per heavy atom. The molecule has 1 atom stereocenters. The molecule has 0 radical (unpaired) electrons. The third-order valence-corrected chi connectivity index (χ3v) is 4.51. The van der Waals surface area contributed by atoms with Gasteiger partial charge in [-0.15, -0.1) is 0 Å². The van der Waals surface area contributed by atoms with Crippen LogP contribution in [-0.2, 0) is 9.59 Å². The second kappa shape index (κ2) is 5.56. The van der Waals surface area contributed by atoms with Gasteiger partial charge < -0.3 is 14.9 Å². The third kappa shape index (κ3) is 2.87. The molecule has 2 heterocycles. The smallest absolute Gasteiger partial charge is 0.256 e. The van der Waals surface area contributed by atoms with E-state index in [-0.39, 0.29) is 18.4 Å². The van der Waals surface area contributed by atoms with Crippen molar-refractivity contribution in [3.63, 3.8) is 0 Å². The average molecular weight is 280 g/mol. The Hall–Kier alpha value is -1.36. The summed E-state index contributed by atoms with van der Waals surface area (Å²) < 4.78 is 0. The van der Waals surface area contributed by atoms with Crippen LogP contribution in [0.4, 0.5) is 0 Å². The Morgan fingerprint density at radius 1 is 1.15 bits per heavy atom. The summed E-state index contributed by atoms with van der Waals surface area (Å²) in [5, 5.41) is 10.7. The zero-order chi connectivity index (χ0) is 14.9. The number of β-amino-alcohol motifs (C(OH)–C–C–N with tert-alkyl or cyclic N) is 1. The predicted octanol–water partition coefficient (Wildman–Crippen LogP) is 0.928. The lowest BCUT2D eigenvalue weighted by atomic mass is 9.90. The Bertz CT molecular complexity index is 458. The zero-order valence-corrected chi connectivity index (χ0v) is 12.6. The lowest BCUT2D eigenvalue weighted by Gasteiger charge is -2.41. The van der Waals surface area contributed by atoms with Crippen molar-refractivity contribution in [3.8, 4) is 0 Å². The molecule has 1 N–H and O–H groups in total. The first-order chi connectivity index (χ1) is 9.33. The molecular formula is C15H24N2O3. The van der Waals surface area contributed by atoms with Gasteiger partial charge in [0.25, 0.3) is 5.91 Å². The standard InChI is InChI=1S/C15H24N2O3/c1-11-5-8-16(9-12(11)2)14(19)15(20)6-4-7-17(10-15)13(3)18/h20H,4-10H2,1-3H3. The van der Waals surface area contributed by atoms with Crippen molar-refractivity contribution in [2.45, 2.75) is 45.6 Å². The number of nitrogens with zero attached hydrogens (tertiary/aromatic N) is 2. The topological polar surface area (TPSA) is 60.9 Å². The Balaban J connectivity index is 2.10. The Morgan fingerprint density at radius 2 is 1.85 bits per heavy atom. The molecule has 1 fully saturated rings. The molecule has 0 aromatic heterocycles. The number of hydrogen-bond acceptors (Lipinski definition) is 3. The molecule has 20 heavy (non-hydrogen) atoms. The number of piperidine rings is 1. The molecule has 2 aliphatic rings. The highest BCUT2D eigenvalue weighted by atomic mass is 16.3. The van der Waals surface area contributed by atoms with E-state index in [9.17, 15) is 14.7 Å². The van der Waals surface area contributed by atoms with Crippen LogP contribution in [0, 0.1) is 0 Å². The van der Waals surface area contributed by atoms with E-state index in [1.807, 2.05) is 6.92 Å². The van der Waals surface area contributed by atoms with E-state index >= 15 is 0 Å². The minimum absolute atomic E-state index is 0.0820. The molecule has 2 aliphatic heterocycles. The summed E-state index contributed by atoms with van der Waals surface area (Å²) in [5.74, 6) is -0.309. The summed E-state index contributed by atoms with van der Waals surface area (Å²) in [4.78, 5) is 27.4. The van der Waals surface area contributed by atoms with Crippen LogP contribution in [0.3, 0.4) is 0 Å². The summed E-state index contributed by atoms with van der Waals surface area (Å²) in [5.41, 5.74) is 1.12. The number of amides is 2. The van der Waals surface area contributed by atoms with Crippen LogP contribution in [0.2, 0.25) is 0 Å². The van der Waals surface area contributed by atoms with Crippen molar-refractivity contribution in [2.75, 3.05) is 26.2 Å². The molecule has 2 rings (SSSR count). The SMILES string of the molecule is CC(=O)N1CCCC(O)(C(=O)N2CCC(C)=C(C)C2)C1. The molecule has 2 amide bonds. The van der Waals surface area contributed by atoms with Gasteiger partial charge in [0.05, 0.1) is 6.54 Å². The first-order valence-electron chi connectivity index (χ1n) is 7.26. The molecule has 5 nitrogen and oxygen atoms in total. The van der Waals surface area contributed by atoms with Crippen molar-refractivity contribution in [2.24, 2.45) is 0 Å². The van der Waals surface area contributed by atoms with Gasteiger partial charge in [0.2, 0.25) is 5.91 Å². The van der Waals surface area contributed by atoms with E-state index in [1.54, 1.807) is 9.80 Å². The van der Waals surface area contributed by atoms with Gasteiger partial charge in [0.1, 0.15) is 0 Å². The molecule has 0 aromatic carbocycles. The molecule has 0 saturated carbocycles. The molecule has 0 spiro atoms. The summed E-state index contributed by atoms with van der Waals surface area (Å²) in [6.07, 6.45) is 1.97. The quantitative estimate of drug-likeness (QED) is 0.727. The van der Waals surface area contributed by atoms with Gasteiger partial charge in [-0.1, -0.05) is 11.1 Å². The average Bonchev–Trinajstić information content (AvgIpc) is 2.41. The van der Waals surface area contributed by atoms with Gasteiger partial charge >= 0.3 is 0 Å². The van der Waals surface area contributed by atoms with E-state index in [2.05, 4.69) is 6.92 Å². The third-order valence-electron chi connectivity index (χ3n) is 4.51. The van der Waals surface area contributed by atoms with Crippen molar-refractivity contribution in [1.82, 2.24) is 9.80 Å². The van der Waals surface area contributed by atoms with E-state index in [0.717, 1.165) is 6.42 Å². The van der Waals surface area contributed by atoms with Crippen LogP contribution in [0.1, 0.15) is 40.0 Å². The van der Waals surface area contributed by atoms with Crippen molar-refractivity contribution >= 4 is 11.8 Å². The summed E-state index contributed by atoms with van der Waals surface area (Å²) >= 11 is 0. The van der Waals surface area contributed by atoms with Gasteiger partial charge in [-0.25, -0.2) is 0 Å². The molecule has 0 bridgehead atoms. The number of likely N-dealkylation sites (tertiary alicyclic amines) is 1. The lowest BCUT2D eigenvalue weighted by molar-refractivity contribution is -0.159. The minimum Gasteiger partial charge on any atom is -0.378 e. The van der Waals surface area contributed by atoms with Crippen LogP contribution in [0.5, 0.6) is 0 Å². The van der Waals surface area contributed by atoms with Crippen LogP contribution in [0.15, 0.2) is 11.1 Å². The van der Waals surface area contributed by atoms with Crippen molar-refractivity contribution in [1.29, 1.82) is 0 Å². The van der Waals surface area contributed by atoms with Gasteiger partial charge in [0.15, 0.2) is 5.60 Å². The fourth-order valence-corrected chi connectivity index (χ4v) is 2.96. The first-order valence-corrected chi connectivity index (χ1v) is 7.26. The summed E-state index contributed by atoms with van der Waals surface area (Å²) in [6, 6.07) is 0. The molecule has 1 saturated heterocycles. The summed E-state index contributed by atoms with van der Waals surface area (Å²) in [6.45, 7) is 7.60. The maximum Gasteiger partial charge on any atom is 0.256 e. The van der Waals surface area contributed by atoms with Crippen LogP contribution in [0.25, 0.3) is 0 Å². The van der Waals surface area contributed by atoms with E-state index in [4.69, 9.17) is 0 Å². The second-order valence-corrected chi connectivity index (χ2v) is 6.11. The highest BCUT2D eigenvalue weighted by Gasteiger charge is 2.43. The number of carbonyl (C=O) groups excluding carboxylic acids is 2. The molecule has 0 aliphatic carbocycles.